The van der Waals surface area contributed by atoms with E-state index in [9.17, 15) is 0 Å². The van der Waals surface area contributed by atoms with E-state index in [4.69, 9.17) is 0 Å². The van der Waals surface area contributed by atoms with Gasteiger partial charge in [-0.05, 0) is 42.9 Å². The average Bonchev–Trinajstić information content (AvgIpc) is 3.00. The van der Waals surface area contributed by atoms with E-state index in [1.54, 1.807) is 0 Å². The normalized spacial score (nSPS) is 18.8. The van der Waals surface area contributed by atoms with Gasteiger partial charge in [-0.1, -0.05) is 38.1 Å². The van der Waals surface area contributed by atoms with Gasteiger partial charge in [0.15, 0.2) is 0 Å². The Labute approximate surface area is 152 Å². The van der Waals surface area contributed by atoms with E-state index in [1.165, 1.54) is 42.5 Å². The summed E-state index contributed by atoms with van der Waals surface area (Å²) in [4.78, 5) is 2.59. The molecule has 4 nitrogen and oxygen atoms in total. The number of aryl methyl sites for hydroxylation is 1. The van der Waals surface area contributed by atoms with Crippen LogP contribution in [0.2, 0.25) is 0 Å². The molecule has 1 aliphatic rings. The van der Waals surface area contributed by atoms with Crippen LogP contribution < -0.4 is 5.32 Å². The molecule has 0 unspecified atom stereocenters. The first kappa shape index (κ1) is 18.2. The molecule has 0 bridgehead atoms. The molecule has 2 heterocycles. The van der Waals surface area contributed by atoms with Gasteiger partial charge in [-0.25, -0.2) is 0 Å². The van der Waals surface area contributed by atoms with Crippen molar-refractivity contribution in [2.75, 3.05) is 13.1 Å². The zero-order chi connectivity index (χ0) is 17.6. The second-order valence-corrected chi connectivity index (χ2v) is 7.89. The highest BCUT2D eigenvalue weighted by atomic mass is 15.2. The highest BCUT2D eigenvalue weighted by Crippen LogP contribution is 2.16. The summed E-state index contributed by atoms with van der Waals surface area (Å²) in [7, 11) is 1.97. The van der Waals surface area contributed by atoms with Crippen LogP contribution in [0.15, 0.2) is 36.7 Å². The van der Waals surface area contributed by atoms with Crippen molar-refractivity contribution in [2.45, 2.75) is 52.2 Å². The largest absolute Gasteiger partial charge is 0.309 e. The molecule has 136 valence electrons. The van der Waals surface area contributed by atoms with Gasteiger partial charge in [0.25, 0.3) is 0 Å². The molecule has 1 atom stereocenters. The van der Waals surface area contributed by atoms with Gasteiger partial charge in [-0.2, -0.15) is 5.10 Å². The Morgan fingerprint density at radius 3 is 2.60 bits per heavy atom. The molecule has 1 saturated heterocycles. The highest BCUT2D eigenvalue weighted by Gasteiger charge is 2.19. The van der Waals surface area contributed by atoms with Crippen LogP contribution in [-0.4, -0.2) is 33.8 Å². The lowest BCUT2D eigenvalue weighted by atomic mass is 10.0. The standard InChI is InChI=1S/C21H32N4/c1-17(2)11-18-6-8-19(9-7-18)15-25-10-4-5-21(16-25)22-12-20-13-23-24(3)14-20/h6-9,13-14,17,21-22H,4-5,10-12,15-16H2,1-3H3/t21-/m0/s1. The van der Waals surface area contributed by atoms with E-state index in [0.717, 1.165) is 25.6 Å². The zero-order valence-corrected chi connectivity index (χ0v) is 15.9. The van der Waals surface area contributed by atoms with Crippen LogP contribution in [0.3, 0.4) is 0 Å². The van der Waals surface area contributed by atoms with Gasteiger partial charge in [0, 0.05) is 44.5 Å². The maximum Gasteiger partial charge on any atom is 0.0534 e. The Morgan fingerprint density at radius 2 is 1.92 bits per heavy atom. The smallest absolute Gasteiger partial charge is 0.0534 e. The van der Waals surface area contributed by atoms with Gasteiger partial charge in [0.2, 0.25) is 0 Å². The van der Waals surface area contributed by atoms with Crippen LogP contribution in [-0.2, 0) is 26.6 Å². The summed E-state index contributed by atoms with van der Waals surface area (Å²) < 4.78 is 1.87. The number of rotatable bonds is 7. The third-order valence-corrected chi connectivity index (χ3v) is 4.93. The molecule has 25 heavy (non-hydrogen) atoms. The Hall–Kier alpha value is -1.65. The number of benzene rings is 1. The van der Waals surface area contributed by atoms with Crippen LogP contribution >= 0.6 is 0 Å². The van der Waals surface area contributed by atoms with Gasteiger partial charge >= 0.3 is 0 Å². The fourth-order valence-electron chi connectivity index (χ4n) is 3.70. The minimum absolute atomic E-state index is 0.578. The lowest BCUT2D eigenvalue weighted by Gasteiger charge is -2.33. The Morgan fingerprint density at radius 1 is 1.16 bits per heavy atom. The predicted octanol–water partition coefficient (Wildman–Crippen LogP) is 3.37. The van der Waals surface area contributed by atoms with Crippen molar-refractivity contribution in [3.8, 4) is 0 Å². The number of nitrogens with one attached hydrogen (secondary N) is 1. The van der Waals surface area contributed by atoms with E-state index in [1.807, 2.05) is 17.9 Å². The maximum atomic E-state index is 4.24. The molecule has 0 amide bonds. The van der Waals surface area contributed by atoms with E-state index in [2.05, 4.69) is 59.6 Å². The highest BCUT2D eigenvalue weighted by molar-refractivity contribution is 5.23. The first-order chi connectivity index (χ1) is 12.1. The molecule has 4 heteroatoms. The molecule has 2 aromatic rings. The van der Waals surface area contributed by atoms with E-state index >= 15 is 0 Å². The van der Waals surface area contributed by atoms with Gasteiger partial charge in [0.05, 0.1) is 6.20 Å². The summed E-state index contributed by atoms with van der Waals surface area (Å²) >= 11 is 0. The first-order valence-corrected chi connectivity index (χ1v) is 9.59. The number of hydrogen-bond donors (Lipinski definition) is 1. The summed E-state index contributed by atoms with van der Waals surface area (Å²) in [6.07, 6.45) is 7.75. The Bertz CT molecular complexity index is 644. The summed E-state index contributed by atoms with van der Waals surface area (Å²) in [5.74, 6) is 0.722. The number of likely N-dealkylation sites (tertiary alicyclic amines) is 1. The van der Waals surface area contributed by atoms with Gasteiger partial charge in [0.1, 0.15) is 0 Å². The molecule has 3 rings (SSSR count). The number of hydrogen-bond acceptors (Lipinski definition) is 3. The van der Waals surface area contributed by atoms with Crippen LogP contribution in [0.25, 0.3) is 0 Å². The van der Waals surface area contributed by atoms with Crippen LogP contribution in [0, 0.1) is 5.92 Å². The molecule has 0 radical (unpaired) electrons. The molecule has 1 fully saturated rings. The van der Waals surface area contributed by atoms with Crippen LogP contribution in [0.5, 0.6) is 0 Å². The summed E-state index contributed by atoms with van der Waals surface area (Å²) in [5.41, 5.74) is 4.15. The van der Waals surface area contributed by atoms with Crippen molar-refractivity contribution in [1.29, 1.82) is 0 Å². The quantitative estimate of drug-likeness (QED) is 0.839. The Kier molecular flexibility index (Phi) is 6.27. The molecule has 0 spiro atoms. The van der Waals surface area contributed by atoms with Crippen molar-refractivity contribution in [1.82, 2.24) is 20.0 Å². The lowest BCUT2D eigenvalue weighted by Crippen LogP contribution is -2.44. The fraction of sp³-hybridized carbons (Fsp3) is 0.571. The summed E-state index contributed by atoms with van der Waals surface area (Å²) in [6, 6.07) is 9.80. The maximum absolute atomic E-state index is 4.24. The number of piperidine rings is 1. The van der Waals surface area contributed by atoms with E-state index < -0.39 is 0 Å². The van der Waals surface area contributed by atoms with E-state index in [-0.39, 0.29) is 0 Å². The fourth-order valence-corrected chi connectivity index (χ4v) is 3.70. The second kappa shape index (κ2) is 8.63. The van der Waals surface area contributed by atoms with Crippen molar-refractivity contribution in [3.63, 3.8) is 0 Å². The lowest BCUT2D eigenvalue weighted by molar-refractivity contribution is 0.182. The van der Waals surface area contributed by atoms with Crippen molar-refractivity contribution < 1.29 is 0 Å². The third-order valence-electron chi connectivity index (χ3n) is 4.93. The van der Waals surface area contributed by atoms with Crippen molar-refractivity contribution >= 4 is 0 Å². The molecule has 1 N–H and O–H groups in total. The van der Waals surface area contributed by atoms with Gasteiger partial charge < -0.3 is 5.32 Å². The molecular weight excluding hydrogens is 308 g/mol. The monoisotopic (exact) mass is 340 g/mol. The van der Waals surface area contributed by atoms with Crippen LogP contribution in [0.1, 0.15) is 43.4 Å². The van der Waals surface area contributed by atoms with Gasteiger partial charge in [-0.15, -0.1) is 0 Å². The second-order valence-electron chi connectivity index (χ2n) is 7.89. The first-order valence-electron chi connectivity index (χ1n) is 9.59. The van der Waals surface area contributed by atoms with Crippen LogP contribution in [0.4, 0.5) is 0 Å². The predicted molar refractivity (Wildman–Crippen MR) is 103 cm³/mol. The van der Waals surface area contributed by atoms with Gasteiger partial charge in [-0.3, -0.25) is 9.58 Å². The zero-order valence-electron chi connectivity index (χ0n) is 15.9. The third kappa shape index (κ3) is 5.68. The van der Waals surface area contributed by atoms with Crippen molar-refractivity contribution in [2.24, 2.45) is 13.0 Å². The molecule has 1 aliphatic heterocycles. The SMILES string of the molecule is CC(C)Cc1ccc(CN2CCC[C@H](NCc3cnn(C)c3)C2)cc1. The molecule has 0 saturated carbocycles. The minimum atomic E-state index is 0.578. The molecule has 1 aromatic carbocycles. The number of nitrogens with zero attached hydrogens (tertiary/aromatic N) is 3. The molecule has 0 aliphatic carbocycles. The number of aromatic nitrogens is 2. The van der Waals surface area contributed by atoms with E-state index in [0.29, 0.717) is 6.04 Å². The molecule has 1 aromatic heterocycles. The minimum Gasteiger partial charge on any atom is -0.309 e. The van der Waals surface area contributed by atoms with Crippen molar-refractivity contribution in [3.05, 3.63) is 53.3 Å². The topological polar surface area (TPSA) is 33.1 Å². The average molecular weight is 341 g/mol. The Balaban J connectivity index is 1.47. The molecular formula is C21H32N4. The summed E-state index contributed by atoms with van der Waals surface area (Å²) in [5, 5.41) is 7.94. The summed E-state index contributed by atoms with van der Waals surface area (Å²) in [6.45, 7) is 8.87.